The molecule has 0 aromatic rings. The van der Waals surface area contributed by atoms with Crippen LogP contribution in [0.15, 0.2) is 0 Å². The zero-order valence-electron chi connectivity index (χ0n) is 31.4. The molecule has 0 saturated carbocycles. The number of unbranched alkanes of at least 4 members (excludes halogenated alkanes) is 10. The Kier molecular flexibility index (Phi) is 13.7. The topological polar surface area (TPSA) is 59.1 Å². The van der Waals surface area contributed by atoms with E-state index in [-0.39, 0.29) is 46.3 Å². The molecule has 3 rings (SSSR count). The highest BCUT2D eigenvalue weighted by atomic mass is 16.2. The van der Waals surface area contributed by atoms with Crippen LogP contribution < -0.4 is 5.32 Å². The van der Waals surface area contributed by atoms with Gasteiger partial charge < -0.3 is 9.80 Å². The smallest absolute Gasteiger partial charge is 0.320 e. The molecule has 3 heterocycles. The lowest BCUT2D eigenvalue weighted by Gasteiger charge is -2.57. The molecule has 0 radical (unpaired) electrons. The molecule has 4 amide bonds. The molecule has 0 atom stereocenters. The number of likely N-dealkylation sites (tertiary alicyclic amines) is 2. The van der Waals surface area contributed by atoms with E-state index in [1.807, 2.05) is 9.80 Å². The first-order chi connectivity index (χ1) is 21.1. The first kappa shape index (κ1) is 38.1. The molecule has 1 N–H and O–H groups in total. The standard InChI is InChI=1S/C38H73N5O2/c1-11-13-15-17-19-21-23-42-35(3,4)27-31(28-36(42,5)6)40-25-26-41(34(45)39-33(40)44)32-29-37(7,8)43(38(9,10)30-32)24-22-20-18-16-14-12-2/h31-32H,11-30H2,1-10H3,(H,39,44,45). The first-order valence-electron chi connectivity index (χ1n) is 19.0. The predicted octanol–water partition coefficient (Wildman–Crippen LogP) is 9.20. The van der Waals surface area contributed by atoms with E-state index < -0.39 is 0 Å². The molecule has 3 aliphatic heterocycles. The number of nitrogens with zero attached hydrogens (tertiary/aromatic N) is 4. The normalized spacial score (nSPS) is 24.6. The van der Waals surface area contributed by atoms with Crippen LogP contribution in [0.1, 0.15) is 172 Å². The van der Waals surface area contributed by atoms with Gasteiger partial charge in [-0.25, -0.2) is 9.59 Å². The van der Waals surface area contributed by atoms with Gasteiger partial charge in [0.1, 0.15) is 0 Å². The third-order valence-corrected chi connectivity index (χ3v) is 11.5. The van der Waals surface area contributed by atoms with Gasteiger partial charge in [0, 0.05) is 47.3 Å². The van der Waals surface area contributed by atoms with Crippen molar-refractivity contribution in [3.63, 3.8) is 0 Å². The number of amides is 4. The van der Waals surface area contributed by atoms with Crippen molar-refractivity contribution >= 4 is 12.1 Å². The molecule has 0 aliphatic carbocycles. The lowest BCUT2D eigenvalue weighted by molar-refractivity contribution is -0.0636. The molecule has 7 nitrogen and oxygen atoms in total. The van der Waals surface area contributed by atoms with Crippen LogP contribution in [0.4, 0.5) is 9.59 Å². The van der Waals surface area contributed by atoms with Crippen LogP contribution in [0, 0.1) is 0 Å². The Bertz CT molecular complexity index is 834. The van der Waals surface area contributed by atoms with Crippen LogP contribution in [0.3, 0.4) is 0 Å². The van der Waals surface area contributed by atoms with E-state index in [4.69, 9.17) is 0 Å². The zero-order chi connectivity index (χ0) is 33.5. The number of hydrogen-bond acceptors (Lipinski definition) is 4. The summed E-state index contributed by atoms with van der Waals surface area (Å²) in [5.74, 6) is 0. The van der Waals surface area contributed by atoms with Gasteiger partial charge in [-0.05, 0) is 107 Å². The lowest BCUT2D eigenvalue weighted by atomic mass is 9.76. The van der Waals surface area contributed by atoms with Gasteiger partial charge in [-0.3, -0.25) is 15.1 Å². The molecule has 0 aromatic carbocycles. The maximum absolute atomic E-state index is 13.6. The van der Waals surface area contributed by atoms with E-state index in [1.165, 1.54) is 77.0 Å². The van der Waals surface area contributed by atoms with Gasteiger partial charge in [0.15, 0.2) is 0 Å². The van der Waals surface area contributed by atoms with Gasteiger partial charge in [0.25, 0.3) is 0 Å². The van der Waals surface area contributed by atoms with Crippen LogP contribution in [0.2, 0.25) is 0 Å². The second kappa shape index (κ2) is 16.2. The maximum Gasteiger partial charge on any atom is 0.325 e. The fourth-order valence-corrected chi connectivity index (χ4v) is 9.63. The molecule has 3 aliphatic rings. The molecule has 0 unspecified atom stereocenters. The quantitative estimate of drug-likeness (QED) is 0.173. The van der Waals surface area contributed by atoms with Crippen molar-refractivity contribution in [2.24, 2.45) is 0 Å². The summed E-state index contributed by atoms with van der Waals surface area (Å²) < 4.78 is 0. The summed E-state index contributed by atoms with van der Waals surface area (Å²) in [6.45, 7) is 26.8. The maximum atomic E-state index is 13.6. The van der Waals surface area contributed by atoms with Crippen LogP contribution in [-0.2, 0) is 0 Å². The van der Waals surface area contributed by atoms with Crippen molar-refractivity contribution in [1.82, 2.24) is 24.9 Å². The SMILES string of the molecule is CCCCCCCCN1C(C)(C)CC(N2CCN(C3CC(C)(C)N(CCCCCCCC)C(C)(C)C3)C(=O)NC2=O)CC1(C)C. The highest BCUT2D eigenvalue weighted by Crippen LogP contribution is 2.42. The molecule has 262 valence electrons. The Morgan fingerprint density at radius 2 is 0.800 bits per heavy atom. The summed E-state index contributed by atoms with van der Waals surface area (Å²) in [5.41, 5.74) is -0.0437. The Balaban J connectivity index is 1.63. The van der Waals surface area contributed by atoms with Gasteiger partial charge in [-0.2, -0.15) is 0 Å². The number of piperidine rings is 2. The van der Waals surface area contributed by atoms with Crippen molar-refractivity contribution < 1.29 is 9.59 Å². The molecular formula is C38H73N5O2. The largest absolute Gasteiger partial charge is 0.325 e. The Morgan fingerprint density at radius 3 is 1.11 bits per heavy atom. The van der Waals surface area contributed by atoms with Gasteiger partial charge in [0.2, 0.25) is 0 Å². The Labute approximate surface area is 278 Å². The van der Waals surface area contributed by atoms with E-state index in [0.29, 0.717) is 13.1 Å². The molecule has 3 saturated heterocycles. The average molecular weight is 632 g/mol. The van der Waals surface area contributed by atoms with Crippen LogP contribution >= 0.6 is 0 Å². The molecule has 0 bridgehead atoms. The second-order valence-electron chi connectivity index (χ2n) is 17.3. The van der Waals surface area contributed by atoms with Gasteiger partial charge in [-0.15, -0.1) is 0 Å². The van der Waals surface area contributed by atoms with Crippen molar-refractivity contribution in [3.05, 3.63) is 0 Å². The van der Waals surface area contributed by atoms with Crippen LogP contribution in [0.5, 0.6) is 0 Å². The number of carbonyl (C=O) groups excluding carboxylic acids is 2. The molecule has 3 fully saturated rings. The summed E-state index contributed by atoms with van der Waals surface area (Å²) in [6, 6.07) is -0.170. The van der Waals surface area contributed by atoms with Crippen molar-refractivity contribution in [2.45, 2.75) is 206 Å². The number of nitrogens with one attached hydrogen (secondary N) is 1. The lowest BCUT2D eigenvalue weighted by Crippen LogP contribution is -2.65. The number of imide groups is 1. The van der Waals surface area contributed by atoms with Crippen molar-refractivity contribution in [1.29, 1.82) is 0 Å². The molecule has 0 spiro atoms. The fraction of sp³-hybridized carbons (Fsp3) is 0.947. The monoisotopic (exact) mass is 632 g/mol. The van der Waals surface area contributed by atoms with E-state index in [0.717, 1.165) is 38.8 Å². The first-order valence-corrected chi connectivity index (χ1v) is 19.0. The molecule has 45 heavy (non-hydrogen) atoms. The minimum atomic E-state index is -0.206. The summed E-state index contributed by atoms with van der Waals surface area (Å²) >= 11 is 0. The van der Waals surface area contributed by atoms with Gasteiger partial charge in [0.05, 0.1) is 0 Å². The highest BCUT2D eigenvalue weighted by molar-refractivity contribution is 5.94. The molecular weight excluding hydrogens is 558 g/mol. The summed E-state index contributed by atoms with van der Waals surface area (Å²) in [5, 5.41) is 2.83. The van der Waals surface area contributed by atoms with Crippen LogP contribution in [0.25, 0.3) is 0 Å². The second-order valence-corrected chi connectivity index (χ2v) is 17.3. The van der Waals surface area contributed by atoms with E-state index >= 15 is 0 Å². The van der Waals surface area contributed by atoms with Gasteiger partial charge >= 0.3 is 12.1 Å². The molecule has 7 heteroatoms. The number of carbonyl (C=O) groups is 2. The number of urea groups is 2. The Morgan fingerprint density at radius 1 is 0.511 bits per heavy atom. The minimum Gasteiger partial charge on any atom is -0.320 e. The zero-order valence-corrected chi connectivity index (χ0v) is 31.4. The fourth-order valence-electron chi connectivity index (χ4n) is 9.63. The summed E-state index contributed by atoms with van der Waals surface area (Å²) in [6.07, 6.45) is 19.4. The third-order valence-electron chi connectivity index (χ3n) is 11.5. The van der Waals surface area contributed by atoms with Crippen LogP contribution in [-0.4, -0.2) is 92.1 Å². The third kappa shape index (κ3) is 10.1. The van der Waals surface area contributed by atoms with Gasteiger partial charge in [-0.1, -0.05) is 78.1 Å². The van der Waals surface area contributed by atoms with Crippen molar-refractivity contribution in [2.75, 3.05) is 26.2 Å². The van der Waals surface area contributed by atoms with E-state index in [1.54, 1.807) is 0 Å². The number of rotatable bonds is 16. The van der Waals surface area contributed by atoms with Crippen molar-refractivity contribution in [3.8, 4) is 0 Å². The number of hydrogen-bond donors (Lipinski definition) is 1. The van der Waals surface area contributed by atoms with E-state index in [2.05, 4.69) is 84.4 Å². The summed E-state index contributed by atoms with van der Waals surface area (Å²) in [4.78, 5) is 36.7. The summed E-state index contributed by atoms with van der Waals surface area (Å²) in [7, 11) is 0. The molecule has 0 aromatic heterocycles. The minimum absolute atomic E-state index is 0.0109. The average Bonchev–Trinajstić information content (AvgIpc) is 3.06. The predicted molar refractivity (Wildman–Crippen MR) is 190 cm³/mol. The Hall–Kier alpha value is -1.34. The highest BCUT2D eigenvalue weighted by Gasteiger charge is 2.50. The van der Waals surface area contributed by atoms with E-state index in [9.17, 15) is 9.59 Å².